The van der Waals surface area contributed by atoms with Gasteiger partial charge < -0.3 is 15.5 Å². The Kier molecular flexibility index (Phi) is 5.27. The highest BCUT2D eigenvalue weighted by Crippen LogP contribution is 2.25. The third-order valence-electron chi connectivity index (χ3n) is 5.34. The minimum Gasteiger partial charge on any atom is -0.339 e. The van der Waals surface area contributed by atoms with Crippen molar-refractivity contribution in [1.29, 1.82) is 0 Å². The lowest BCUT2D eigenvalue weighted by molar-refractivity contribution is -0.123. The van der Waals surface area contributed by atoms with Crippen molar-refractivity contribution in [3.8, 4) is 0 Å². The molecule has 7 heteroatoms. The average molecular weight is 358 g/mol. The Morgan fingerprint density at radius 3 is 2.42 bits per heavy atom. The van der Waals surface area contributed by atoms with Crippen LogP contribution in [0.1, 0.15) is 42.6 Å². The molecule has 140 valence electrons. The first-order chi connectivity index (χ1) is 12.4. The van der Waals surface area contributed by atoms with E-state index in [1.165, 1.54) is 0 Å². The number of amides is 4. The number of nitrogens with one attached hydrogen (secondary N) is 3. The highest BCUT2D eigenvalue weighted by Gasteiger charge is 2.43. The van der Waals surface area contributed by atoms with Crippen LogP contribution in [0.25, 0.3) is 0 Å². The summed E-state index contributed by atoms with van der Waals surface area (Å²) in [5.41, 5.74) is 0.164. The molecule has 1 unspecified atom stereocenters. The first kappa shape index (κ1) is 18.4. The second-order valence-corrected chi connectivity index (χ2v) is 7.15. The van der Waals surface area contributed by atoms with E-state index in [4.69, 9.17) is 0 Å². The molecule has 1 atom stereocenters. The number of carbonyl (C=O) groups excluding carboxylic acids is 3. The maximum atomic E-state index is 12.7. The molecule has 0 bridgehead atoms. The van der Waals surface area contributed by atoms with Crippen molar-refractivity contribution in [2.75, 3.05) is 26.2 Å². The molecule has 0 saturated carbocycles. The van der Waals surface area contributed by atoms with Gasteiger partial charge in [0.05, 0.1) is 0 Å². The minimum atomic E-state index is -1.09. The Hall–Kier alpha value is -2.41. The number of rotatable bonds is 5. The quantitative estimate of drug-likeness (QED) is 0.690. The van der Waals surface area contributed by atoms with Crippen molar-refractivity contribution in [3.05, 3.63) is 35.4 Å². The number of urea groups is 1. The number of hydrogen-bond acceptors (Lipinski definition) is 4. The summed E-state index contributed by atoms with van der Waals surface area (Å²) in [6.07, 6.45) is 2.03. The summed E-state index contributed by atoms with van der Waals surface area (Å²) in [7, 11) is 0. The Labute approximate surface area is 153 Å². The van der Waals surface area contributed by atoms with Gasteiger partial charge in [-0.05, 0) is 56.5 Å². The van der Waals surface area contributed by atoms with Gasteiger partial charge in [-0.3, -0.25) is 14.9 Å². The van der Waals surface area contributed by atoms with Crippen LogP contribution in [0.15, 0.2) is 24.3 Å². The molecule has 4 amide bonds. The second kappa shape index (κ2) is 7.45. The molecule has 0 radical (unpaired) electrons. The number of nitrogens with zero attached hydrogens (tertiary/aromatic N) is 1. The second-order valence-electron chi connectivity index (χ2n) is 7.15. The fourth-order valence-electron chi connectivity index (χ4n) is 3.56. The lowest BCUT2D eigenvalue weighted by Crippen LogP contribution is -2.41. The lowest BCUT2D eigenvalue weighted by Gasteiger charge is -2.32. The van der Waals surface area contributed by atoms with Crippen LogP contribution in [0.4, 0.5) is 4.79 Å². The number of piperidine rings is 1. The predicted octanol–water partition coefficient (Wildman–Crippen LogP) is 1.20. The number of imide groups is 1. The summed E-state index contributed by atoms with van der Waals surface area (Å²) in [5, 5.41) is 8.24. The fourth-order valence-corrected chi connectivity index (χ4v) is 3.56. The van der Waals surface area contributed by atoms with Crippen LogP contribution in [0.2, 0.25) is 0 Å². The first-order valence-corrected chi connectivity index (χ1v) is 9.18. The van der Waals surface area contributed by atoms with Crippen LogP contribution >= 0.6 is 0 Å². The van der Waals surface area contributed by atoms with Gasteiger partial charge in [-0.25, -0.2) is 4.79 Å². The van der Waals surface area contributed by atoms with Gasteiger partial charge in [-0.15, -0.1) is 0 Å². The average Bonchev–Trinajstić information content (AvgIpc) is 2.92. The SMILES string of the molecule is CCNCC1CCN(C(=O)c2ccc(C3(C)NC(=O)NC3=O)cc2)CC1. The zero-order valence-corrected chi connectivity index (χ0v) is 15.3. The molecule has 3 N–H and O–H groups in total. The van der Waals surface area contributed by atoms with Crippen molar-refractivity contribution in [2.24, 2.45) is 5.92 Å². The van der Waals surface area contributed by atoms with Gasteiger partial charge in [-0.2, -0.15) is 0 Å². The van der Waals surface area contributed by atoms with E-state index in [1.807, 2.05) is 4.90 Å². The predicted molar refractivity (Wildman–Crippen MR) is 97.6 cm³/mol. The smallest absolute Gasteiger partial charge is 0.322 e. The van der Waals surface area contributed by atoms with Crippen LogP contribution in [0.5, 0.6) is 0 Å². The summed E-state index contributed by atoms with van der Waals surface area (Å²) in [6, 6.07) is 6.42. The molecule has 0 spiro atoms. The molecular weight excluding hydrogens is 332 g/mol. The fraction of sp³-hybridized carbons (Fsp3) is 0.526. The molecule has 1 aromatic carbocycles. The largest absolute Gasteiger partial charge is 0.339 e. The van der Waals surface area contributed by atoms with Crippen LogP contribution in [-0.2, 0) is 10.3 Å². The van der Waals surface area contributed by atoms with Crippen molar-refractivity contribution >= 4 is 17.8 Å². The van der Waals surface area contributed by atoms with Gasteiger partial charge in [0.1, 0.15) is 5.54 Å². The van der Waals surface area contributed by atoms with Gasteiger partial charge in [0.15, 0.2) is 0 Å². The Bertz CT molecular complexity index is 695. The zero-order valence-electron chi connectivity index (χ0n) is 15.3. The molecule has 3 rings (SSSR count). The molecular formula is C19H26N4O3. The molecule has 2 saturated heterocycles. The molecule has 2 aliphatic rings. The number of carbonyl (C=O) groups is 3. The van der Waals surface area contributed by atoms with E-state index >= 15 is 0 Å². The number of likely N-dealkylation sites (tertiary alicyclic amines) is 1. The van der Waals surface area contributed by atoms with E-state index in [0.717, 1.165) is 39.0 Å². The highest BCUT2D eigenvalue weighted by atomic mass is 16.2. The molecule has 2 fully saturated rings. The molecule has 0 aromatic heterocycles. The van der Waals surface area contributed by atoms with Crippen LogP contribution in [0.3, 0.4) is 0 Å². The van der Waals surface area contributed by atoms with E-state index in [2.05, 4.69) is 22.9 Å². The normalized spacial score (nSPS) is 23.7. The van der Waals surface area contributed by atoms with Gasteiger partial charge in [0, 0.05) is 18.7 Å². The molecule has 7 nitrogen and oxygen atoms in total. The Balaban J connectivity index is 1.63. The van der Waals surface area contributed by atoms with Crippen molar-refractivity contribution in [3.63, 3.8) is 0 Å². The van der Waals surface area contributed by atoms with Gasteiger partial charge >= 0.3 is 6.03 Å². The van der Waals surface area contributed by atoms with E-state index in [-0.39, 0.29) is 11.8 Å². The molecule has 0 aliphatic carbocycles. The Morgan fingerprint density at radius 2 is 1.88 bits per heavy atom. The Morgan fingerprint density at radius 1 is 1.23 bits per heavy atom. The zero-order chi connectivity index (χ0) is 18.7. The lowest BCUT2D eigenvalue weighted by atomic mass is 9.91. The standard InChI is InChI=1S/C19H26N4O3/c1-3-20-12-13-8-10-23(11-9-13)16(24)14-4-6-15(7-5-14)19(2)17(25)21-18(26)22-19/h4-7,13,20H,3,8-12H2,1-2H3,(H2,21,22,25,26). The molecule has 2 heterocycles. The van der Waals surface area contributed by atoms with Crippen LogP contribution < -0.4 is 16.0 Å². The van der Waals surface area contributed by atoms with Crippen molar-refractivity contribution < 1.29 is 14.4 Å². The van der Waals surface area contributed by atoms with Crippen LogP contribution in [0, 0.1) is 5.92 Å². The molecule has 26 heavy (non-hydrogen) atoms. The summed E-state index contributed by atoms with van der Waals surface area (Å²) < 4.78 is 0. The summed E-state index contributed by atoms with van der Waals surface area (Å²) in [5.74, 6) is 0.263. The third kappa shape index (κ3) is 3.58. The van der Waals surface area contributed by atoms with E-state index in [0.29, 0.717) is 17.0 Å². The van der Waals surface area contributed by atoms with Crippen molar-refractivity contribution in [2.45, 2.75) is 32.2 Å². The minimum absolute atomic E-state index is 0.0171. The highest BCUT2D eigenvalue weighted by molar-refractivity contribution is 6.07. The number of benzene rings is 1. The third-order valence-corrected chi connectivity index (χ3v) is 5.34. The topological polar surface area (TPSA) is 90.5 Å². The maximum absolute atomic E-state index is 12.7. The van der Waals surface area contributed by atoms with E-state index in [9.17, 15) is 14.4 Å². The number of hydrogen-bond donors (Lipinski definition) is 3. The van der Waals surface area contributed by atoms with E-state index in [1.54, 1.807) is 31.2 Å². The van der Waals surface area contributed by atoms with E-state index < -0.39 is 11.6 Å². The summed E-state index contributed by atoms with van der Waals surface area (Å²) in [4.78, 5) is 38.0. The monoisotopic (exact) mass is 358 g/mol. The van der Waals surface area contributed by atoms with Gasteiger partial charge in [0.25, 0.3) is 11.8 Å². The maximum Gasteiger partial charge on any atom is 0.322 e. The summed E-state index contributed by atoms with van der Waals surface area (Å²) >= 11 is 0. The van der Waals surface area contributed by atoms with Crippen molar-refractivity contribution in [1.82, 2.24) is 20.9 Å². The first-order valence-electron chi connectivity index (χ1n) is 9.18. The van der Waals surface area contributed by atoms with Crippen LogP contribution in [-0.4, -0.2) is 48.9 Å². The molecule has 2 aliphatic heterocycles. The van der Waals surface area contributed by atoms with Gasteiger partial charge in [0.2, 0.25) is 0 Å². The summed E-state index contributed by atoms with van der Waals surface area (Å²) in [6.45, 7) is 7.28. The molecule has 1 aromatic rings. The van der Waals surface area contributed by atoms with Gasteiger partial charge in [-0.1, -0.05) is 19.1 Å².